The monoisotopic (exact) mass is 287 g/mol. The molecule has 2 heterocycles. The number of aromatic nitrogens is 3. The van der Waals surface area contributed by atoms with Gasteiger partial charge in [-0.2, -0.15) is 5.10 Å². The SMILES string of the molecule is CC(C)c1cc(C(=O)O)c2cnn(C3CCCCC3)c2n1. The van der Waals surface area contributed by atoms with Gasteiger partial charge in [-0.1, -0.05) is 33.1 Å². The number of aromatic carboxylic acids is 1. The van der Waals surface area contributed by atoms with Gasteiger partial charge in [0.15, 0.2) is 5.65 Å². The fraction of sp³-hybridized carbons (Fsp3) is 0.562. The Balaban J connectivity index is 2.16. The summed E-state index contributed by atoms with van der Waals surface area (Å²) >= 11 is 0. The lowest BCUT2D eigenvalue weighted by atomic mass is 9.95. The van der Waals surface area contributed by atoms with E-state index >= 15 is 0 Å². The molecule has 2 aromatic rings. The van der Waals surface area contributed by atoms with Crippen molar-refractivity contribution in [3.8, 4) is 0 Å². The van der Waals surface area contributed by atoms with Crippen LogP contribution < -0.4 is 0 Å². The minimum Gasteiger partial charge on any atom is -0.478 e. The lowest BCUT2D eigenvalue weighted by molar-refractivity contribution is 0.0699. The van der Waals surface area contributed by atoms with Gasteiger partial charge in [-0.25, -0.2) is 14.5 Å². The van der Waals surface area contributed by atoms with E-state index in [1.54, 1.807) is 12.3 Å². The van der Waals surface area contributed by atoms with Crippen LogP contribution in [0.1, 0.15) is 74.0 Å². The third-order valence-electron chi connectivity index (χ3n) is 4.33. The third-order valence-corrected chi connectivity index (χ3v) is 4.33. The van der Waals surface area contributed by atoms with Gasteiger partial charge in [0.05, 0.1) is 23.2 Å². The third kappa shape index (κ3) is 2.52. The number of carboxylic acids is 1. The Bertz CT molecular complexity index is 669. The van der Waals surface area contributed by atoms with Crippen LogP contribution in [0.15, 0.2) is 12.3 Å². The minimum absolute atomic E-state index is 0.196. The maximum Gasteiger partial charge on any atom is 0.336 e. The van der Waals surface area contributed by atoms with Crippen LogP contribution in [0, 0.1) is 0 Å². The maximum absolute atomic E-state index is 11.5. The summed E-state index contributed by atoms with van der Waals surface area (Å²) in [4.78, 5) is 16.2. The van der Waals surface area contributed by atoms with Crippen LogP contribution in [-0.4, -0.2) is 25.8 Å². The van der Waals surface area contributed by atoms with E-state index < -0.39 is 5.97 Å². The molecule has 3 rings (SSSR count). The second-order valence-electron chi connectivity index (χ2n) is 6.17. The first-order valence-corrected chi connectivity index (χ1v) is 7.69. The van der Waals surface area contributed by atoms with Crippen molar-refractivity contribution >= 4 is 17.0 Å². The average molecular weight is 287 g/mol. The number of fused-ring (bicyclic) bond motifs is 1. The Kier molecular flexibility index (Phi) is 3.66. The standard InChI is InChI=1S/C16H21N3O2/c1-10(2)14-8-12(16(20)21)13-9-17-19(15(13)18-14)11-6-4-3-5-7-11/h8-11H,3-7H2,1-2H3,(H,20,21). The number of hydrogen-bond acceptors (Lipinski definition) is 3. The van der Waals surface area contributed by atoms with E-state index in [0.717, 1.165) is 24.2 Å². The summed E-state index contributed by atoms with van der Waals surface area (Å²) < 4.78 is 1.95. The summed E-state index contributed by atoms with van der Waals surface area (Å²) in [5, 5.41) is 14.5. The number of hydrogen-bond donors (Lipinski definition) is 1. The zero-order chi connectivity index (χ0) is 15.0. The Morgan fingerprint density at radius 3 is 2.67 bits per heavy atom. The smallest absolute Gasteiger partial charge is 0.336 e. The van der Waals surface area contributed by atoms with Crippen molar-refractivity contribution in [3.05, 3.63) is 23.5 Å². The molecule has 0 radical (unpaired) electrons. The number of rotatable bonds is 3. The highest BCUT2D eigenvalue weighted by Crippen LogP contribution is 2.31. The molecule has 5 nitrogen and oxygen atoms in total. The normalized spacial score (nSPS) is 16.7. The van der Waals surface area contributed by atoms with Crippen LogP contribution in [0.4, 0.5) is 0 Å². The highest BCUT2D eigenvalue weighted by atomic mass is 16.4. The van der Waals surface area contributed by atoms with Crippen LogP contribution in [0.5, 0.6) is 0 Å². The average Bonchev–Trinajstić information content (AvgIpc) is 2.90. The molecule has 0 amide bonds. The molecule has 112 valence electrons. The molecule has 2 aromatic heterocycles. The Labute approximate surface area is 124 Å². The van der Waals surface area contributed by atoms with Crippen molar-refractivity contribution in [2.24, 2.45) is 0 Å². The Hall–Kier alpha value is -1.91. The van der Waals surface area contributed by atoms with Gasteiger partial charge in [0.2, 0.25) is 0 Å². The molecule has 1 aliphatic rings. The zero-order valence-corrected chi connectivity index (χ0v) is 12.5. The van der Waals surface area contributed by atoms with E-state index in [1.807, 2.05) is 18.5 Å². The molecule has 1 saturated carbocycles. The van der Waals surface area contributed by atoms with Crippen LogP contribution in [0.25, 0.3) is 11.0 Å². The van der Waals surface area contributed by atoms with Crippen molar-refractivity contribution in [2.75, 3.05) is 0 Å². The van der Waals surface area contributed by atoms with E-state index in [2.05, 4.69) is 5.10 Å². The van der Waals surface area contributed by atoms with Crippen molar-refractivity contribution < 1.29 is 9.90 Å². The molecule has 0 unspecified atom stereocenters. The molecule has 0 saturated heterocycles. The Morgan fingerprint density at radius 1 is 1.33 bits per heavy atom. The van der Waals surface area contributed by atoms with Crippen LogP contribution in [0.3, 0.4) is 0 Å². The lowest BCUT2D eigenvalue weighted by Gasteiger charge is -2.22. The van der Waals surface area contributed by atoms with Gasteiger partial charge in [0, 0.05) is 5.69 Å². The molecule has 0 aromatic carbocycles. The second kappa shape index (κ2) is 5.47. The summed E-state index contributed by atoms with van der Waals surface area (Å²) in [6.45, 7) is 4.06. The second-order valence-corrected chi connectivity index (χ2v) is 6.17. The molecule has 1 N–H and O–H groups in total. The van der Waals surface area contributed by atoms with Crippen LogP contribution in [0.2, 0.25) is 0 Å². The largest absolute Gasteiger partial charge is 0.478 e. The lowest BCUT2D eigenvalue weighted by Crippen LogP contribution is -2.15. The minimum atomic E-state index is -0.910. The molecule has 5 heteroatoms. The van der Waals surface area contributed by atoms with Crippen molar-refractivity contribution in [1.29, 1.82) is 0 Å². The van der Waals surface area contributed by atoms with Crippen molar-refractivity contribution in [3.63, 3.8) is 0 Å². The quantitative estimate of drug-likeness (QED) is 0.933. The van der Waals surface area contributed by atoms with E-state index in [0.29, 0.717) is 17.0 Å². The molecule has 0 aliphatic heterocycles. The first kappa shape index (κ1) is 14.0. The van der Waals surface area contributed by atoms with Gasteiger partial charge in [0.25, 0.3) is 0 Å². The molecule has 21 heavy (non-hydrogen) atoms. The van der Waals surface area contributed by atoms with Crippen molar-refractivity contribution in [1.82, 2.24) is 14.8 Å². The molecular formula is C16H21N3O2. The first-order valence-electron chi connectivity index (χ1n) is 7.69. The summed E-state index contributed by atoms with van der Waals surface area (Å²) in [6.07, 6.45) is 7.56. The van der Waals surface area contributed by atoms with Gasteiger partial charge >= 0.3 is 5.97 Å². The molecular weight excluding hydrogens is 266 g/mol. The highest BCUT2D eigenvalue weighted by Gasteiger charge is 2.22. The number of carboxylic acid groups (broad SMARTS) is 1. The first-order chi connectivity index (χ1) is 10.1. The molecule has 0 bridgehead atoms. The predicted octanol–water partition coefficient (Wildman–Crippen LogP) is 3.76. The van der Waals surface area contributed by atoms with E-state index in [-0.39, 0.29) is 5.92 Å². The van der Waals surface area contributed by atoms with E-state index in [9.17, 15) is 9.90 Å². The topological polar surface area (TPSA) is 68.0 Å². The van der Waals surface area contributed by atoms with Gasteiger partial charge in [-0.15, -0.1) is 0 Å². The van der Waals surface area contributed by atoms with Gasteiger partial charge in [-0.05, 0) is 24.8 Å². The molecule has 0 atom stereocenters. The van der Waals surface area contributed by atoms with Crippen LogP contribution in [-0.2, 0) is 0 Å². The molecule has 0 spiro atoms. The summed E-state index contributed by atoms with van der Waals surface area (Å²) in [5.41, 5.74) is 1.86. The van der Waals surface area contributed by atoms with Gasteiger partial charge in [0.1, 0.15) is 0 Å². The van der Waals surface area contributed by atoms with Gasteiger partial charge < -0.3 is 5.11 Å². The van der Waals surface area contributed by atoms with Crippen LogP contribution >= 0.6 is 0 Å². The number of carbonyl (C=O) groups is 1. The van der Waals surface area contributed by atoms with Crippen molar-refractivity contribution in [2.45, 2.75) is 57.9 Å². The maximum atomic E-state index is 11.5. The summed E-state index contributed by atoms with van der Waals surface area (Å²) in [6, 6.07) is 2.04. The van der Waals surface area contributed by atoms with E-state index in [1.165, 1.54) is 19.3 Å². The molecule has 1 aliphatic carbocycles. The van der Waals surface area contributed by atoms with E-state index in [4.69, 9.17) is 4.98 Å². The molecule has 1 fully saturated rings. The number of nitrogens with zero attached hydrogens (tertiary/aromatic N) is 3. The zero-order valence-electron chi connectivity index (χ0n) is 12.5. The fourth-order valence-electron chi connectivity index (χ4n) is 3.10. The summed E-state index contributed by atoms with van der Waals surface area (Å²) in [5.74, 6) is -0.713. The highest BCUT2D eigenvalue weighted by molar-refractivity contribution is 6.01. The Morgan fingerprint density at radius 2 is 2.05 bits per heavy atom. The number of pyridine rings is 1. The van der Waals surface area contributed by atoms with Gasteiger partial charge in [-0.3, -0.25) is 0 Å². The summed E-state index contributed by atoms with van der Waals surface area (Å²) in [7, 11) is 0. The fourth-order valence-corrected chi connectivity index (χ4v) is 3.10. The predicted molar refractivity (Wildman–Crippen MR) is 80.7 cm³/mol.